The van der Waals surface area contributed by atoms with Crippen molar-refractivity contribution < 1.29 is 14.0 Å². The summed E-state index contributed by atoms with van der Waals surface area (Å²) in [5, 5.41) is 5.52. The molecule has 0 aromatic heterocycles. The summed E-state index contributed by atoms with van der Waals surface area (Å²) in [6.45, 7) is 5.64. The minimum atomic E-state index is -0.532. The van der Waals surface area contributed by atoms with Crippen molar-refractivity contribution in [2.24, 2.45) is 11.7 Å². The number of hydrogen-bond donors (Lipinski definition) is 3. The van der Waals surface area contributed by atoms with E-state index in [1.54, 1.807) is 12.1 Å². The average molecular weight is 378 g/mol. The van der Waals surface area contributed by atoms with Gasteiger partial charge in [-0.15, -0.1) is 0 Å². The van der Waals surface area contributed by atoms with E-state index in [1.165, 1.54) is 12.1 Å². The topological polar surface area (TPSA) is 87.5 Å². The molecule has 2 unspecified atom stereocenters. The highest BCUT2D eigenvalue weighted by molar-refractivity contribution is 5.87. The number of halogens is 1. The third kappa shape index (κ3) is 6.50. The second-order valence-corrected chi connectivity index (χ2v) is 7.32. The van der Waals surface area contributed by atoms with Gasteiger partial charge in [-0.1, -0.05) is 25.5 Å². The van der Waals surface area contributed by atoms with Gasteiger partial charge in [0.1, 0.15) is 11.9 Å². The number of carbonyl (C=O) groups excluding carboxylic acids is 2. The van der Waals surface area contributed by atoms with E-state index in [0.717, 1.165) is 24.8 Å². The monoisotopic (exact) mass is 378 g/mol. The maximum absolute atomic E-state index is 12.9. The smallest absolute Gasteiger partial charge is 0.315 e. The van der Waals surface area contributed by atoms with Crippen LogP contribution >= 0.6 is 0 Å². The maximum atomic E-state index is 12.9. The number of rotatable bonds is 7. The first-order valence-electron chi connectivity index (χ1n) is 9.73. The molecular formula is C20H31FN4O2. The highest BCUT2D eigenvalue weighted by atomic mass is 19.1. The first-order valence-corrected chi connectivity index (χ1v) is 9.73. The average Bonchev–Trinajstić information content (AvgIpc) is 2.66. The number of hydrogen-bond acceptors (Lipinski definition) is 3. The lowest BCUT2D eigenvalue weighted by molar-refractivity contribution is -0.134. The normalized spacial score (nSPS) is 17.3. The predicted octanol–water partition coefficient (Wildman–Crippen LogP) is 2.38. The van der Waals surface area contributed by atoms with Gasteiger partial charge in [-0.3, -0.25) is 4.79 Å². The minimum absolute atomic E-state index is 0.0306. The number of piperidine rings is 1. The molecule has 1 saturated heterocycles. The van der Waals surface area contributed by atoms with Crippen molar-refractivity contribution in [2.45, 2.75) is 58.2 Å². The number of nitrogens with zero attached hydrogens (tertiary/aromatic N) is 1. The first kappa shape index (κ1) is 21.2. The van der Waals surface area contributed by atoms with Crippen molar-refractivity contribution in [2.75, 3.05) is 13.1 Å². The summed E-state index contributed by atoms with van der Waals surface area (Å²) in [6.07, 6.45) is 3.19. The summed E-state index contributed by atoms with van der Waals surface area (Å²) < 4.78 is 12.9. The maximum Gasteiger partial charge on any atom is 0.315 e. The molecule has 0 spiro atoms. The van der Waals surface area contributed by atoms with Gasteiger partial charge in [0.2, 0.25) is 5.91 Å². The molecule has 0 radical (unpaired) electrons. The van der Waals surface area contributed by atoms with E-state index in [1.807, 2.05) is 18.7 Å². The fourth-order valence-electron chi connectivity index (χ4n) is 3.41. The molecule has 1 aromatic carbocycles. The Hall–Kier alpha value is -2.15. The van der Waals surface area contributed by atoms with Gasteiger partial charge in [0.15, 0.2) is 0 Å². The van der Waals surface area contributed by atoms with Crippen LogP contribution < -0.4 is 16.4 Å². The molecule has 1 heterocycles. The molecule has 1 fully saturated rings. The molecule has 0 saturated carbocycles. The van der Waals surface area contributed by atoms with E-state index in [9.17, 15) is 14.0 Å². The fraction of sp³-hybridized carbons (Fsp3) is 0.600. The number of amides is 3. The number of nitrogens with two attached hydrogens (primary N) is 1. The van der Waals surface area contributed by atoms with Gasteiger partial charge in [0.05, 0.1) is 0 Å². The quantitative estimate of drug-likeness (QED) is 0.681. The van der Waals surface area contributed by atoms with Crippen LogP contribution in [0.4, 0.5) is 9.18 Å². The van der Waals surface area contributed by atoms with Gasteiger partial charge in [0, 0.05) is 25.7 Å². The summed E-state index contributed by atoms with van der Waals surface area (Å²) in [7, 11) is 0. The molecule has 0 aliphatic carbocycles. The summed E-state index contributed by atoms with van der Waals surface area (Å²) in [5.74, 6) is 0.104. The first-order chi connectivity index (χ1) is 12.9. The summed E-state index contributed by atoms with van der Waals surface area (Å²) >= 11 is 0. The molecule has 4 N–H and O–H groups in total. The number of urea groups is 1. The van der Waals surface area contributed by atoms with Crippen molar-refractivity contribution >= 4 is 11.9 Å². The largest absolute Gasteiger partial charge is 0.341 e. The SMILES string of the molecule is CCCC(NC(=O)NCc1ccc(F)cc1)C(=O)N1CCC(C(C)N)CC1. The Morgan fingerprint density at radius 1 is 1.26 bits per heavy atom. The van der Waals surface area contributed by atoms with E-state index in [2.05, 4.69) is 10.6 Å². The van der Waals surface area contributed by atoms with E-state index in [0.29, 0.717) is 25.4 Å². The van der Waals surface area contributed by atoms with E-state index in [4.69, 9.17) is 5.73 Å². The van der Waals surface area contributed by atoms with Crippen molar-refractivity contribution in [3.63, 3.8) is 0 Å². The Morgan fingerprint density at radius 2 is 1.89 bits per heavy atom. The van der Waals surface area contributed by atoms with Crippen molar-refractivity contribution in [3.05, 3.63) is 35.6 Å². The van der Waals surface area contributed by atoms with Gasteiger partial charge >= 0.3 is 6.03 Å². The summed E-state index contributed by atoms with van der Waals surface area (Å²) in [4.78, 5) is 26.9. The molecule has 2 atom stereocenters. The van der Waals surface area contributed by atoms with Crippen LogP contribution in [0.15, 0.2) is 24.3 Å². The van der Waals surface area contributed by atoms with Crippen molar-refractivity contribution in [3.8, 4) is 0 Å². The van der Waals surface area contributed by atoms with Crippen LogP contribution in [0.1, 0.15) is 45.1 Å². The lowest BCUT2D eigenvalue weighted by Crippen LogP contribution is -2.53. The number of benzene rings is 1. The van der Waals surface area contributed by atoms with Gasteiger partial charge in [-0.05, 0) is 49.8 Å². The lowest BCUT2D eigenvalue weighted by atomic mass is 9.90. The van der Waals surface area contributed by atoms with Gasteiger partial charge in [-0.2, -0.15) is 0 Å². The van der Waals surface area contributed by atoms with E-state index < -0.39 is 12.1 Å². The zero-order valence-corrected chi connectivity index (χ0v) is 16.2. The highest BCUT2D eigenvalue weighted by Crippen LogP contribution is 2.20. The Bertz CT molecular complexity index is 613. The fourth-order valence-corrected chi connectivity index (χ4v) is 3.41. The molecule has 1 aliphatic heterocycles. The number of carbonyl (C=O) groups is 2. The molecule has 0 bridgehead atoms. The zero-order valence-electron chi connectivity index (χ0n) is 16.2. The molecule has 1 aliphatic rings. The highest BCUT2D eigenvalue weighted by Gasteiger charge is 2.29. The van der Waals surface area contributed by atoms with Gasteiger partial charge in [0.25, 0.3) is 0 Å². The third-order valence-corrected chi connectivity index (χ3v) is 5.14. The Kier molecular flexibility index (Phi) is 8.03. The second kappa shape index (κ2) is 10.3. The molecule has 6 nitrogen and oxygen atoms in total. The number of nitrogens with one attached hydrogen (secondary N) is 2. The molecular weight excluding hydrogens is 347 g/mol. The van der Waals surface area contributed by atoms with Crippen LogP contribution in [0.2, 0.25) is 0 Å². The van der Waals surface area contributed by atoms with Crippen LogP contribution in [0.25, 0.3) is 0 Å². The number of likely N-dealkylation sites (tertiary alicyclic amines) is 1. The van der Waals surface area contributed by atoms with E-state index in [-0.39, 0.29) is 24.3 Å². The van der Waals surface area contributed by atoms with Crippen LogP contribution in [-0.2, 0) is 11.3 Å². The van der Waals surface area contributed by atoms with Crippen LogP contribution in [0, 0.1) is 11.7 Å². The van der Waals surface area contributed by atoms with E-state index >= 15 is 0 Å². The summed E-state index contributed by atoms with van der Waals surface area (Å²) in [5.41, 5.74) is 6.76. The van der Waals surface area contributed by atoms with Crippen LogP contribution in [0.5, 0.6) is 0 Å². The Morgan fingerprint density at radius 3 is 2.44 bits per heavy atom. The van der Waals surface area contributed by atoms with Crippen LogP contribution in [-0.4, -0.2) is 42.0 Å². The standard InChI is InChI=1S/C20H31FN4O2/c1-3-4-18(19(26)25-11-9-16(10-12-25)14(2)22)24-20(27)23-13-15-5-7-17(21)8-6-15/h5-8,14,16,18H,3-4,9-13,22H2,1-2H3,(H2,23,24,27). The Labute approximate surface area is 160 Å². The second-order valence-electron chi connectivity index (χ2n) is 7.32. The lowest BCUT2D eigenvalue weighted by Gasteiger charge is -2.35. The Balaban J connectivity index is 1.85. The van der Waals surface area contributed by atoms with Gasteiger partial charge < -0.3 is 21.3 Å². The molecule has 1 aromatic rings. The molecule has 27 heavy (non-hydrogen) atoms. The third-order valence-electron chi connectivity index (χ3n) is 5.14. The molecule has 150 valence electrons. The molecule has 7 heteroatoms. The minimum Gasteiger partial charge on any atom is -0.341 e. The summed E-state index contributed by atoms with van der Waals surface area (Å²) in [6, 6.07) is 5.16. The van der Waals surface area contributed by atoms with Gasteiger partial charge in [-0.25, -0.2) is 9.18 Å². The zero-order chi connectivity index (χ0) is 19.8. The molecule has 3 amide bonds. The molecule has 2 rings (SSSR count). The van der Waals surface area contributed by atoms with Crippen molar-refractivity contribution in [1.82, 2.24) is 15.5 Å². The van der Waals surface area contributed by atoms with Crippen molar-refractivity contribution in [1.29, 1.82) is 0 Å². The van der Waals surface area contributed by atoms with Crippen LogP contribution in [0.3, 0.4) is 0 Å². The predicted molar refractivity (Wildman–Crippen MR) is 103 cm³/mol.